The molecule has 0 saturated carbocycles. The van der Waals surface area contributed by atoms with E-state index in [2.05, 4.69) is 20.9 Å². The zero-order chi connectivity index (χ0) is 21.4. The molecule has 9 nitrogen and oxygen atoms in total. The smallest absolute Gasteiger partial charge is 0.410 e. The molecule has 3 N–H and O–H groups in total. The Balaban J connectivity index is 1.66. The van der Waals surface area contributed by atoms with Crippen LogP contribution in [0.4, 0.5) is 4.79 Å². The summed E-state index contributed by atoms with van der Waals surface area (Å²) in [6.07, 6.45) is -0.323. The first kappa shape index (κ1) is 22.3. The Kier molecular flexibility index (Phi) is 7.69. The lowest BCUT2D eigenvalue weighted by molar-refractivity contribution is -0.120. The van der Waals surface area contributed by atoms with Gasteiger partial charge in [-0.2, -0.15) is 0 Å². The van der Waals surface area contributed by atoms with Gasteiger partial charge in [0.05, 0.1) is 19.7 Å². The van der Waals surface area contributed by atoms with E-state index in [1.807, 2.05) is 45.0 Å². The summed E-state index contributed by atoms with van der Waals surface area (Å²) in [6, 6.07) is 7.58. The minimum atomic E-state index is -0.508. The molecule has 1 aromatic carbocycles. The Hall–Kier alpha value is -2.97. The molecule has 1 fully saturated rings. The van der Waals surface area contributed by atoms with Crippen molar-refractivity contribution in [2.24, 2.45) is 4.99 Å². The second-order valence-electron chi connectivity index (χ2n) is 7.78. The number of nitrogens with zero attached hydrogens (tertiary/aromatic N) is 2. The Morgan fingerprint density at radius 3 is 2.38 bits per heavy atom. The fraction of sp³-hybridized carbons (Fsp3) is 0.550. The molecule has 1 aliphatic heterocycles. The Morgan fingerprint density at radius 1 is 1.17 bits per heavy atom. The van der Waals surface area contributed by atoms with Crippen LogP contribution in [-0.4, -0.2) is 68.3 Å². The number of nitrogens with one attached hydrogen (secondary N) is 3. The zero-order valence-electron chi connectivity index (χ0n) is 17.7. The molecule has 1 aromatic rings. The van der Waals surface area contributed by atoms with Crippen molar-refractivity contribution in [3.8, 4) is 5.75 Å². The largest absolute Gasteiger partial charge is 0.497 e. The molecule has 0 aliphatic carbocycles. The number of carbonyl (C=O) groups is 2. The van der Waals surface area contributed by atoms with Gasteiger partial charge < -0.3 is 30.3 Å². The average Bonchev–Trinajstić information content (AvgIpc) is 2.63. The van der Waals surface area contributed by atoms with Crippen molar-refractivity contribution in [3.63, 3.8) is 0 Å². The van der Waals surface area contributed by atoms with Crippen LogP contribution >= 0.6 is 0 Å². The van der Waals surface area contributed by atoms with Crippen molar-refractivity contribution >= 4 is 18.0 Å². The fourth-order valence-corrected chi connectivity index (χ4v) is 2.60. The lowest BCUT2D eigenvalue weighted by atomic mass is 10.1. The number of benzene rings is 1. The van der Waals surface area contributed by atoms with Gasteiger partial charge in [-0.05, 0) is 38.5 Å². The zero-order valence-corrected chi connectivity index (χ0v) is 17.7. The van der Waals surface area contributed by atoms with E-state index < -0.39 is 5.60 Å². The third kappa shape index (κ3) is 7.52. The Morgan fingerprint density at radius 2 is 1.83 bits per heavy atom. The van der Waals surface area contributed by atoms with Gasteiger partial charge in [-0.3, -0.25) is 9.79 Å². The number of amides is 2. The van der Waals surface area contributed by atoms with Gasteiger partial charge in [-0.1, -0.05) is 12.1 Å². The molecule has 0 bridgehead atoms. The number of ether oxygens (including phenoxy) is 2. The van der Waals surface area contributed by atoms with E-state index in [-0.39, 0.29) is 24.6 Å². The molecule has 0 unspecified atom stereocenters. The van der Waals surface area contributed by atoms with Crippen molar-refractivity contribution in [2.75, 3.05) is 33.8 Å². The van der Waals surface area contributed by atoms with E-state index in [4.69, 9.17) is 9.47 Å². The fourth-order valence-electron chi connectivity index (χ4n) is 2.60. The molecule has 1 heterocycles. The van der Waals surface area contributed by atoms with E-state index >= 15 is 0 Å². The molecular formula is C20H31N5O4. The molecule has 2 rings (SSSR count). The normalized spacial score (nSPS) is 14.7. The van der Waals surface area contributed by atoms with Gasteiger partial charge in [0.1, 0.15) is 11.4 Å². The quantitative estimate of drug-likeness (QED) is 0.484. The Labute approximate surface area is 171 Å². The van der Waals surface area contributed by atoms with Crippen LogP contribution in [0.1, 0.15) is 26.3 Å². The SMILES string of the molecule is CN=C(NCC(=O)NCc1ccc(OC)cc1)NC1CN(C(=O)OC(C)(C)C)C1. The first-order valence-electron chi connectivity index (χ1n) is 9.55. The standard InChI is InChI=1S/C20H31N5O4/c1-20(2,3)29-19(27)25-12-15(13-25)24-18(21-4)23-11-17(26)22-10-14-6-8-16(28-5)9-7-14/h6-9,15H,10-13H2,1-5H3,(H,22,26)(H2,21,23,24). The average molecular weight is 405 g/mol. The van der Waals surface area contributed by atoms with Crippen LogP contribution < -0.4 is 20.7 Å². The van der Waals surface area contributed by atoms with Crippen molar-refractivity contribution in [3.05, 3.63) is 29.8 Å². The summed E-state index contributed by atoms with van der Waals surface area (Å²) in [5.41, 5.74) is 0.477. The summed E-state index contributed by atoms with van der Waals surface area (Å²) < 4.78 is 10.4. The first-order valence-corrected chi connectivity index (χ1v) is 9.55. The van der Waals surface area contributed by atoms with Crippen LogP contribution in [0.5, 0.6) is 5.75 Å². The maximum atomic E-state index is 12.1. The van der Waals surface area contributed by atoms with Gasteiger partial charge in [0.2, 0.25) is 5.91 Å². The third-order valence-corrected chi connectivity index (χ3v) is 4.16. The van der Waals surface area contributed by atoms with Crippen LogP contribution in [0, 0.1) is 0 Å². The van der Waals surface area contributed by atoms with Crippen LogP contribution in [-0.2, 0) is 16.1 Å². The number of methoxy groups -OCH3 is 1. The number of rotatable bonds is 6. The molecular weight excluding hydrogens is 374 g/mol. The molecule has 1 aliphatic rings. The van der Waals surface area contributed by atoms with Crippen LogP contribution in [0.25, 0.3) is 0 Å². The number of carbonyl (C=O) groups excluding carboxylic acids is 2. The Bertz CT molecular complexity index is 721. The summed E-state index contributed by atoms with van der Waals surface area (Å²) >= 11 is 0. The van der Waals surface area contributed by atoms with Crippen LogP contribution in [0.2, 0.25) is 0 Å². The lowest BCUT2D eigenvalue weighted by Crippen LogP contribution is -2.63. The van der Waals surface area contributed by atoms with E-state index in [0.717, 1.165) is 11.3 Å². The van der Waals surface area contributed by atoms with Crippen LogP contribution in [0.15, 0.2) is 29.3 Å². The van der Waals surface area contributed by atoms with Crippen molar-refractivity contribution < 1.29 is 19.1 Å². The van der Waals surface area contributed by atoms with E-state index in [0.29, 0.717) is 25.6 Å². The molecule has 2 amide bonds. The minimum Gasteiger partial charge on any atom is -0.497 e. The highest BCUT2D eigenvalue weighted by Crippen LogP contribution is 2.15. The number of aliphatic imine (C=N–C) groups is 1. The van der Waals surface area contributed by atoms with Gasteiger partial charge in [0.15, 0.2) is 5.96 Å². The number of guanidine groups is 1. The summed E-state index contributed by atoms with van der Waals surface area (Å²) in [4.78, 5) is 29.7. The molecule has 0 atom stereocenters. The van der Waals surface area contributed by atoms with E-state index in [9.17, 15) is 9.59 Å². The maximum Gasteiger partial charge on any atom is 0.410 e. The highest BCUT2D eigenvalue weighted by atomic mass is 16.6. The molecule has 0 aromatic heterocycles. The first-order chi connectivity index (χ1) is 13.7. The topological polar surface area (TPSA) is 104 Å². The third-order valence-electron chi connectivity index (χ3n) is 4.16. The molecule has 9 heteroatoms. The summed E-state index contributed by atoms with van der Waals surface area (Å²) in [5, 5.41) is 9.01. The number of likely N-dealkylation sites (tertiary alicyclic amines) is 1. The van der Waals surface area contributed by atoms with Crippen molar-refractivity contribution in [1.29, 1.82) is 0 Å². The van der Waals surface area contributed by atoms with Gasteiger partial charge in [0.25, 0.3) is 0 Å². The number of hydrogen-bond acceptors (Lipinski definition) is 5. The van der Waals surface area contributed by atoms with Gasteiger partial charge in [-0.25, -0.2) is 4.79 Å². The molecule has 1 saturated heterocycles. The monoisotopic (exact) mass is 405 g/mol. The van der Waals surface area contributed by atoms with E-state index in [1.165, 1.54) is 0 Å². The second-order valence-corrected chi connectivity index (χ2v) is 7.78. The van der Waals surface area contributed by atoms with Crippen molar-refractivity contribution in [1.82, 2.24) is 20.9 Å². The highest BCUT2D eigenvalue weighted by molar-refractivity contribution is 5.86. The second kappa shape index (κ2) is 9.99. The maximum absolute atomic E-state index is 12.1. The number of hydrogen-bond donors (Lipinski definition) is 3. The summed E-state index contributed by atoms with van der Waals surface area (Å²) in [6.45, 7) is 7.10. The lowest BCUT2D eigenvalue weighted by Gasteiger charge is -2.40. The van der Waals surface area contributed by atoms with Gasteiger partial charge >= 0.3 is 6.09 Å². The predicted octanol–water partition coefficient (Wildman–Crippen LogP) is 1.10. The highest BCUT2D eigenvalue weighted by Gasteiger charge is 2.34. The summed E-state index contributed by atoms with van der Waals surface area (Å²) in [7, 11) is 3.25. The molecule has 160 valence electrons. The van der Waals surface area contributed by atoms with Gasteiger partial charge in [-0.15, -0.1) is 0 Å². The van der Waals surface area contributed by atoms with Crippen LogP contribution in [0.3, 0.4) is 0 Å². The molecule has 29 heavy (non-hydrogen) atoms. The van der Waals surface area contributed by atoms with Crippen molar-refractivity contribution in [2.45, 2.75) is 39.0 Å². The molecule has 0 spiro atoms. The molecule has 0 radical (unpaired) electrons. The van der Waals surface area contributed by atoms with Gasteiger partial charge in [0, 0.05) is 26.7 Å². The summed E-state index contributed by atoms with van der Waals surface area (Å²) in [5.74, 6) is 1.14. The minimum absolute atomic E-state index is 0.0658. The van der Waals surface area contributed by atoms with E-state index in [1.54, 1.807) is 19.1 Å². The predicted molar refractivity (Wildman–Crippen MR) is 111 cm³/mol.